The maximum absolute atomic E-state index is 13.9. The highest BCUT2D eigenvalue weighted by Gasteiger charge is 2.35. The number of halogens is 1. The second-order valence-corrected chi connectivity index (χ2v) is 13.0. The van der Waals surface area contributed by atoms with E-state index in [1.165, 1.54) is 7.11 Å². The molecule has 45 heavy (non-hydrogen) atoms. The van der Waals surface area contributed by atoms with Crippen LogP contribution in [-0.2, 0) is 20.5 Å². The monoisotopic (exact) mass is 640 g/mol. The summed E-state index contributed by atoms with van der Waals surface area (Å²) in [7, 11) is -0.367. The summed E-state index contributed by atoms with van der Waals surface area (Å²) in [4.78, 5) is 26.9. The lowest BCUT2D eigenvalue weighted by molar-refractivity contribution is -0.125. The van der Waals surface area contributed by atoms with Gasteiger partial charge in [-0.3, -0.25) is 9.18 Å². The van der Waals surface area contributed by atoms with Crippen molar-refractivity contribution in [3.63, 3.8) is 0 Å². The van der Waals surface area contributed by atoms with Crippen molar-refractivity contribution in [1.82, 2.24) is 14.9 Å². The number of aliphatic hydroxyl groups excluding tert-OH is 1. The minimum absolute atomic E-state index is 0.178. The predicted molar refractivity (Wildman–Crippen MR) is 176 cm³/mol. The highest BCUT2D eigenvalue weighted by atomic mass is 32.2. The zero-order valence-corrected chi connectivity index (χ0v) is 27.0. The standard InChI is InChI=1S/C34H45FN4O5S/c1-34(2,21-10-16-28(24-40)39(23-11-22-35)45(43)29-19-17-27(36)18-20-29)38-32(41)31(37-33(42)44-3)30(25-12-6-4-7-13-25)26-14-8-5-9-15-26/h4-9,12-15,17-20,28,30-31,40H,10-11,16,21-24,36H2,1-3H3,(H,37,42)(H,38,41). The third-order valence-corrected chi connectivity index (χ3v) is 9.20. The quantitative estimate of drug-likeness (QED) is 0.155. The summed E-state index contributed by atoms with van der Waals surface area (Å²) < 4.78 is 33.0. The van der Waals surface area contributed by atoms with Crippen LogP contribution in [0.1, 0.15) is 56.6 Å². The Balaban J connectivity index is 1.76. The Kier molecular flexibility index (Phi) is 14.0. The number of alkyl halides is 1. The average Bonchev–Trinajstić information content (AvgIpc) is 3.04. The van der Waals surface area contributed by atoms with Gasteiger partial charge in [-0.15, -0.1) is 0 Å². The fraction of sp³-hybridized carbons (Fsp3) is 0.412. The maximum Gasteiger partial charge on any atom is 0.407 e. The van der Waals surface area contributed by atoms with E-state index in [9.17, 15) is 23.3 Å². The molecule has 11 heteroatoms. The van der Waals surface area contributed by atoms with E-state index in [2.05, 4.69) is 10.6 Å². The molecule has 0 saturated heterocycles. The van der Waals surface area contributed by atoms with Gasteiger partial charge in [-0.1, -0.05) is 60.7 Å². The van der Waals surface area contributed by atoms with Gasteiger partial charge in [-0.2, -0.15) is 0 Å². The van der Waals surface area contributed by atoms with Gasteiger partial charge in [-0.05, 0) is 74.9 Å². The fourth-order valence-electron chi connectivity index (χ4n) is 5.30. The Bertz CT molecular complexity index is 1320. The highest BCUT2D eigenvalue weighted by molar-refractivity contribution is 7.82. The first-order valence-corrected chi connectivity index (χ1v) is 16.2. The number of ether oxygens (including phenoxy) is 1. The first-order chi connectivity index (χ1) is 21.6. The Morgan fingerprint density at radius 2 is 1.56 bits per heavy atom. The zero-order valence-electron chi connectivity index (χ0n) is 26.2. The average molecular weight is 641 g/mol. The minimum atomic E-state index is -1.62. The number of aliphatic hydroxyl groups is 1. The molecule has 3 aromatic rings. The molecule has 0 bridgehead atoms. The molecule has 3 aromatic carbocycles. The van der Waals surface area contributed by atoms with Crippen LogP contribution in [0.2, 0.25) is 0 Å². The van der Waals surface area contributed by atoms with E-state index in [1.54, 1.807) is 28.6 Å². The van der Waals surface area contributed by atoms with Crippen molar-refractivity contribution < 1.29 is 28.0 Å². The zero-order chi connectivity index (χ0) is 32.8. The van der Waals surface area contributed by atoms with E-state index in [0.717, 1.165) is 11.1 Å². The number of amides is 2. The Morgan fingerprint density at radius 3 is 2.07 bits per heavy atom. The summed E-state index contributed by atoms with van der Waals surface area (Å²) in [6, 6.07) is 24.2. The van der Waals surface area contributed by atoms with Crippen molar-refractivity contribution in [1.29, 1.82) is 0 Å². The molecule has 0 saturated carbocycles. The van der Waals surface area contributed by atoms with Crippen LogP contribution < -0.4 is 16.4 Å². The van der Waals surface area contributed by atoms with Gasteiger partial charge in [-0.25, -0.2) is 13.3 Å². The van der Waals surface area contributed by atoms with E-state index in [1.807, 2.05) is 74.5 Å². The van der Waals surface area contributed by atoms with Gasteiger partial charge in [0.1, 0.15) is 17.0 Å². The summed E-state index contributed by atoms with van der Waals surface area (Å²) in [5.74, 6) is -0.871. The fourth-order valence-corrected chi connectivity index (χ4v) is 6.68. The first kappa shape index (κ1) is 35.7. The minimum Gasteiger partial charge on any atom is -0.453 e. The molecule has 3 atom stereocenters. The molecule has 0 spiro atoms. The van der Waals surface area contributed by atoms with Crippen molar-refractivity contribution in [2.24, 2.45) is 0 Å². The van der Waals surface area contributed by atoms with Gasteiger partial charge in [0.2, 0.25) is 5.91 Å². The lowest BCUT2D eigenvalue weighted by atomic mass is 9.84. The summed E-state index contributed by atoms with van der Waals surface area (Å²) in [6.45, 7) is 3.16. The van der Waals surface area contributed by atoms with E-state index in [0.29, 0.717) is 29.8 Å². The molecule has 0 aromatic heterocycles. The molecule has 3 rings (SSSR count). The lowest BCUT2D eigenvalue weighted by Gasteiger charge is -2.34. The Hall–Kier alpha value is -3.80. The molecular weight excluding hydrogens is 595 g/mol. The number of carbonyl (C=O) groups excluding carboxylic acids is 2. The summed E-state index contributed by atoms with van der Waals surface area (Å²) >= 11 is 0. The van der Waals surface area contributed by atoms with Gasteiger partial charge in [0, 0.05) is 29.7 Å². The molecule has 0 aliphatic carbocycles. The molecule has 2 amide bonds. The molecule has 5 N–H and O–H groups in total. The van der Waals surface area contributed by atoms with Crippen LogP contribution >= 0.6 is 0 Å². The van der Waals surface area contributed by atoms with Crippen molar-refractivity contribution in [3.8, 4) is 0 Å². The largest absolute Gasteiger partial charge is 0.453 e. The number of alkyl carbamates (subject to hydrolysis) is 1. The van der Waals surface area contributed by atoms with Crippen LogP contribution in [0.15, 0.2) is 89.8 Å². The van der Waals surface area contributed by atoms with Gasteiger partial charge in [0.25, 0.3) is 0 Å². The second kappa shape index (κ2) is 17.6. The number of carbonyl (C=O) groups is 2. The molecule has 3 unspecified atom stereocenters. The smallest absolute Gasteiger partial charge is 0.407 e. The predicted octanol–water partition coefficient (Wildman–Crippen LogP) is 4.94. The number of nitrogens with two attached hydrogens (primary N) is 1. The normalized spacial score (nSPS) is 13.7. The van der Waals surface area contributed by atoms with Crippen molar-refractivity contribution in [3.05, 3.63) is 96.1 Å². The van der Waals surface area contributed by atoms with E-state index in [-0.39, 0.29) is 25.5 Å². The number of rotatable bonds is 17. The number of methoxy groups -OCH3 is 1. The van der Waals surface area contributed by atoms with Crippen molar-refractivity contribution in [2.45, 2.75) is 68.0 Å². The van der Waals surface area contributed by atoms with Crippen LogP contribution in [0.3, 0.4) is 0 Å². The molecule has 0 heterocycles. The second-order valence-electron chi connectivity index (χ2n) is 11.5. The molecule has 0 radical (unpaired) electrons. The van der Waals surface area contributed by atoms with E-state index >= 15 is 0 Å². The third-order valence-electron chi connectivity index (χ3n) is 7.62. The van der Waals surface area contributed by atoms with Gasteiger partial charge < -0.3 is 26.2 Å². The topological polar surface area (TPSA) is 134 Å². The molecule has 244 valence electrons. The van der Waals surface area contributed by atoms with Gasteiger partial charge in [0.15, 0.2) is 0 Å². The van der Waals surface area contributed by atoms with Crippen LogP contribution in [0.5, 0.6) is 0 Å². The summed E-state index contributed by atoms with van der Waals surface area (Å²) in [5.41, 5.74) is 7.32. The third kappa shape index (κ3) is 10.7. The molecule has 9 nitrogen and oxygen atoms in total. The SMILES string of the molecule is COC(=O)NC(C(=O)NC(C)(C)CCCC(CO)N(CCCF)S(=O)c1ccc(N)cc1)C(c1ccccc1)c1ccccc1. The summed E-state index contributed by atoms with van der Waals surface area (Å²) in [6.07, 6.45) is 1.01. The van der Waals surface area contributed by atoms with Gasteiger partial charge in [0.05, 0.1) is 25.3 Å². The van der Waals surface area contributed by atoms with Gasteiger partial charge >= 0.3 is 6.09 Å². The number of nitrogens with one attached hydrogen (secondary N) is 2. The number of nitrogen functional groups attached to an aromatic ring is 1. The van der Waals surface area contributed by atoms with Crippen LogP contribution in [0, 0.1) is 0 Å². The van der Waals surface area contributed by atoms with Crippen LogP contribution in [0.25, 0.3) is 0 Å². The number of hydrogen-bond acceptors (Lipinski definition) is 6. The number of anilines is 1. The van der Waals surface area contributed by atoms with E-state index in [4.69, 9.17) is 10.5 Å². The number of nitrogens with zero attached hydrogens (tertiary/aromatic N) is 1. The van der Waals surface area contributed by atoms with Crippen LogP contribution in [-0.4, -0.2) is 70.2 Å². The Labute approximate surface area is 267 Å². The molecule has 0 aliphatic rings. The molecule has 0 aliphatic heterocycles. The van der Waals surface area contributed by atoms with E-state index < -0.39 is 47.3 Å². The maximum atomic E-state index is 13.9. The molecular formula is C34H45FN4O5S. The molecule has 0 fully saturated rings. The van der Waals surface area contributed by atoms with Crippen LogP contribution in [0.4, 0.5) is 14.9 Å². The first-order valence-electron chi connectivity index (χ1n) is 15.1. The number of benzene rings is 3. The lowest BCUT2D eigenvalue weighted by Crippen LogP contribution is -2.55. The Morgan fingerprint density at radius 1 is 0.978 bits per heavy atom. The van der Waals surface area contributed by atoms with Crippen molar-refractivity contribution >= 4 is 28.7 Å². The highest BCUT2D eigenvalue weighted by Crippen LogP contribution is 2.29. The summed E-state index contributed by atoms with van der Waals surface area (Å²) in [5, 5.41) is 16.1. The number of hydrogen-bond donors (Lipinski definition) is 4. The van der Waals surface area contributed by atoms with Crippen molar-refractivity contribution in [2.75, 3.05) is 32.7 Å².